The van der Waals surface area contributed by atoms with Crippen LogP contribution in [-0.4, -0.2) is 18.0 Å². The average molecular weight is 280 g/mol. The first kappa shape index (κ1) is 13.2. The number of hydrogen-bond acceptors (Lipinski definition) is 2. The largest absolute Gasteiger partial charge is 0.497 e. The molecule has 0 aliphatic carbocycles. The van der Waals surface area contributed by atoms with Gasteiger partial charge in [0.1, 0.15) is 5.75 Å². The first-order chi connectivity index (χ1) is 10.3. The van der Waals surface area contributed by atoms with Crippen LogP contribution in [0.2, 0.25) is 0 Å². The van der Waals surface area contributed by atoms with E-state index in [1.54, 1.807) is 31.4 Å². The number of benzene rings is 2. The topological polar surface area (TPSA) is 54.1 Å². The molecule has 0 saturated heterocycles. The monoisotopic (exact) mass is 280 g/mol. The lowest BCUT2D eigenvalue weighted by Gasteiger charge is -2.06. The van der Waals surface area contributed by atoms with Gasteiger partial charge in [-0.1, -0.05) is 6.07 Å². The van der Waals surface area contributed by atoms with Crippen LogP contribution >= 0.6 is 0 Å². The summed E-state index contributed by atoms with van der Waals surface area (Å²) in [4.78, 5) is 15.2. The molecule has 3 aromatic rings. The second-order valence-electron chi connectivity index (χ2n) is 4.81. The molecule has 0 radical (unpaired) electrons. The van der Waals surface area contributed by atoms with Gasteiger partial charge in [-0.2, -0.15) is 0 Å². The summed E-state index contributed by atoms with van der Waals surface area (Å²) >= 11 is 0. The van der Waals surface area contributed by atoms with Crippen LogP contribution in [0.1, 0.15) is 15.9 Å². The number of carbonyl (C=O) groups is 1. The predicted octanol–water partition coefficient (Wildman–Crippen LogP) is 3.11. The van der Waals surface area contributed by atoms with Crippen LogP contribution < -0.4 is 10.1 Å². The molecule has 0 unspecified atom stereocenters. The highest BCUT2D eigenvalue weighted by molar-refractivity contribution is 5.94. The molecule has 1 aromatic heterocycles. The van der Waals surface area contributed by atoms with E-state index in [0.29, 0.717) is 12.1 Å². The molecule has 2 aromatic carbocycles. The van der Waals surface area contributed by atoms with Crippen molar-refractivity contribution < 1.29 is 9.53 Å². The summed E-state index contributed by atoms with van der Waals surface area (Å²) in [5, 5.41) is 4.06. The molecule has 4 heteroatoms. The normalized spacial score (nSPS) is 10.5. The summed E-state index contributed by atoms with van der Waals surface area (Å²) in [5.74, 6) is 0.649. The maximum Gasteiger partial charge on any atom is 0.251 e. The summed E-state index contributed by atoms with van der Waals surface area (Å²) < 4.78 is 5.08. The average Bonchev–Trinajstić information content (AvgIpc) is 3.00. The Morgan fingerprint density at radius 2 is 1.95 bits per heavy atom. The molecular weight excluding hydrogens is 264 g/mol. The van der Waals surface area contributed by atoms with Gasteiger partial charge in [-0.3, -0.25) is 4.79 Å². The third-order valence-corrected chi connectivity index (χ3v) is 3.42. The van der Waals surface area contributed by atoms with Crippen molar-refractivity contribution in [2.45, 2.75) is 6.54 Å². The van der Waals surface area contributed by atoms with Crippen LogP contribution in [-0.2, 0) is 6.54 Å². The molecule has 0 atom stereocenters. The van der Waals surface area contributed by atoms with Crippen molar-refractivity contribution in [3.8, 4) is 5.75 Å². The summed E-state index contributed by atoms with van der Waals surface area (Å²) in [7, 11) is 1.60. The van der Waals surface area contributed by atoms with E-state index in [1.807, 2.05) is 24.4 Å². The van der Waals surface area contributed by atoms with Gasteiger partial charge in [0.05, 0.1) is 7.11 Å². The fourth-order valence-electron chi connectivity index (χ4n) is 2.24. The number of amides is 1. The Bertz CT molecular complexity index is 760. The minimum Gasteiger partial charge on any atom is -0.497 e. The predicted molar refractivity (Wildman–Crippen MR) is 82.5 cm³/mol. The van der Waals surface area contributed by atoms with Gasteiger partial charge >= 0.3 is 0 Å². The standard InChI is InChI=1S/C17H16N2O2/c1-21-15-5-3-13(4-6-15)17(20)19-11-12-2-7-16-14(10-12)8-9-18-16/h2-10,18H,11H2,1H3,(H,19,20). The molecule has 0 aliphatic rings. The number of rotatable bonds is 4. The van der Waals surface area contributed by atoms with Gasteiger partial charge < -0.3 is 15.0 Å². The lowest BCUT2D eigenvalue weighted by molar-refractivity contribution is 0.0951. The van der Waals surface area contributed by atoms with E-state index in [0.717, 1.165) is 22.2 Å². The summed E-state index contributed by atoms with van der Waals surface area (Å²) in [6.45, 7) is 0.506. The Morgan fingerprint density at radius 1 is 1.14 bits per heavy atom. The Labute approximate surface area is 122 Å². The van der Waals surface area contributed by atoms with Gasteiger partial charge in [0.15, 0.2) is 0 Å². The second-order valence-corrected chi connectivity index (χ2v) is 4.81. The van der Waals surface area contributed by atoms with Gasteiger partial charge in [-0.25, -0.2) is 0 Å². The van der Waals surface area contributed by atoms with E-state index in [2.05, 4.69) is 16.4 Å². The highest BCUT2D eigenvalue weighted by atomic mass is 16.5. The zero-order chi connectivity index (χ0) is 14.7. The van der Waals surface area contributed by atoms with Gasteiger partial charge in [0.2, 0.25) is 0 Å². The van der Waals surface area contributed by atoms with Crippen molar-refractivity contribution >= 4 is 16.8 Å². The van der Waals surface area contributed by atoms with E-state index in [4.69, 9.17) is 4.74 Å². The van der Waals surface area contributed by atoms with Crippen LogP contribution in [0, 0.1) is 0 Å². The van der Waals surface area contributed by atoms with Crippen molar-refractivity contribution in [2.24, 2.45) is 0 Å². The smallest absolute Gasteiger partial charge is 0.251 e. The second kappa shape index (κ2) is 5.71. The number of fused-ring (bicyclic) bond motifs is 1. The van der Waals surface area contributed by atoms with Crippen LogP contribution in [0.3, 0.4) is 0 Å². The number of aromatic nitrogens is 1. The summed E-state index contributed by atoms with van der Waals surface area (Å²) in [5.41, 5.74) is 2.79. The third-order valence-electron chi connectivity index (χ3n) is 3.42. The Hall–Kier alpha value is -2.75. The molecule has 106 valence electrons. The highest BCUT2D eigenvalue weighted by Gasteiger charge is 2.05. The summed E-state index contributed by atoms with van der Waals surface area (Å²) in [6.07, 6.45) is 1.91. The molecule has 0 fully saturated rings. The lowest BCUT2D eigenvalue weighted by atomic mass is 10.1. The third kappa shape index (κ3) is 2.89. The van der Waals surface area contributed by atoms with Crippen molar-refractivity contribution in [3.63, 3.8) is 0 Å². The van der Waals surface area contributed by atoms with E-state index in [-0.39, 0.29) is 5.91 Å². The first-order valence-electron chi connectivity index (χ1n) is 6.74. The molecule has 21 heavy (non-hydrogen) atoms. The molecule has 3 rings (SSSR count). The SMILES string of the molecule is COc1ccc(C(=O)NCc2ccc3[nH]ccc3c2)cc1. The maximum absolute atomic E-state index is 12.1. The molecule has 4 nitrogen and oxygen atoms in total. The van der Waals surface area contributed by atoms with Gasteiger partial charge in [-0.15, -0.1) is 0 Å². The van der Waals surface area contributed by atoms with Gasteiger partial charge in [0.25, 0.3) is 5.91 Å². The van der Waals surface area contributed by atoms with Crippen LogP contribution in [0.4, 0.5) is 0 Å². The Kier molecular flexibility index (Phi) is 3.60. The van der Waals surface area contributed by atoms with E-state index < -0.39 is 0 Å². The van der Waals surface area contributed by atoms with E-state index >= 15 is 0 Å². The zero-order valence-electron chi connectivity index (χ0n) is 11.7. The Morgan fingerprint density at radius 3 is 2.71 bits per heavy atom. The molecule has 2 N–H and O–H groups in total. The number of nitrogens with one attached hydrogen (secondary N) is 2. The highest BCUT2D eigenvalue weighted by Crippen LogP contribution is 2.15. The maximum atomic E-state index is 12.1. The van der Waals surface area contributed by atoms with Crippen molar-refractivity contribution in [3.05, 3.63) is 65.9 Å². The molecule has 1 amide bonds. The lowest BCUT2D eigenvalue weighted by Crippen LogP contribution is -2.22. The summed E-state index contributed by atoms with van der Waals surface area (Å²) in [6, 6.07) is 15.2. The van der Waals surface area contributed by atoms with E-state index in [1.165, 1.54) is 0 Å². The first-order valence-corrected chi connectivity index (χ1v) is 6.74. The van der Waals surface area contributed by atoms with Gasteiger partial charge in [-0.05, 0) is 53.4 Å². The quantitative estimate of drug-likeness (QED) is 0.771. The minimum absolute atomic E-state index is 0.0909. The van der Waals surface area contributed by atoms with Crippen molar-refractivity contribution in [2.75, 3.05) is 7.11 Å². The number of hydrogen-bond donors (Lipinski definition) is 2. The van der Waals surface area contributed by atoms with E-state index in [9.17, 15) is 4.79 Å². The number of carbonyl (C=O) groups excluding carboxylic acids is 1. The zero-order valence-corrected chi connectivity index (χ0v) is 11.7. The number of ether oxygens (including phenoxy) is 1. The molecule has 0 bridgehead atoms. The Balaban J connectivity index is 1.66. The molecule has 0 saturated carbocycles. The van der Waals surface area contributed by atoms with Crippen LogP contribution in [0.25, 0.3) is 10.9 Å². The van der Waals surface area contributed by atoms with Crippen molar-refractivity contribution in [1.29, 1.82) is 0 Å². The number of aromatic amines is 1. The fourth-order valence-corrected chi connectivity index (χ4v) is 2.24. The molecular formula is C17H16N2O2. The fraction of sp³-hybridized carbons (Fsp3) is 0.118. The molecule has 0 spiro atoms. The minimum atomic E-state index is -0.0909. The molecule has 1 heterocycles. The van der Waals surface area contributed by atoms with Crippen LogP contribution in [0.15, 0.2) is 54.7 Å². The van der Waals surface area contributed by atoms with Crippen LogP contribution in [0.5, 0.6) is 5.75 Å². The van der Waals surface area contributed by atoms with Crippen molar-refractivity contribution in [1.82, 2.24) is 10.3 Å². The molecule has 0 aliphatic heterocycles. The number of methoxy groups -OCH3 is 1. The number of H-pyrrole nitrogens is 1. The van der Waals surface area contributed by atoms with Gasteiger partial charge in [0, 0.05) is 23.8 Å².